The fraction of sp³-hybridized carbons (Fsp3) is 0.250. The number of hydrogen-bond donors (Lipinski definition) is 0. The molecule has 0 atom stereocenters. The molecular weight excluding hydrogens is 387 g/mol. The summed E-state index contributed by atoms with van der Waals surface area (Å²) >= 11 is 3.38. The molecule has 1 heterocycles. The van der Waals surface area contributed by atoms with Crippen molar-refractivity contribution in [3.8, 4) is 5.75 Å². The van der Waals surface area contributed by atoms with E-state index in [9.17, 15) is 12.8 Å². The third kappa shape index (κ3) is 3.56. The maximum Gasteiger partial charge on any atom is 0.265 e. The quantitative estimate of drug-likeness (QED) is 0.744. The van der Waals surface area contributed by atoms with Crippen LogP contribution in [0.5, 0.6) is 5.75 Å². The van der Waals surface area contributed by atoms with Gasteiger partial charge in [-0.05, 0) is 41.1 Å². The van der Waals surface area contributed by atoms with Gasteiger partial charge in [-0.1, -0.05) is 0 Å². The molecular formula is C12H11BrClFN2O3S. The van der Waals surface area contributed by atoms with E-state index in [1.807, 2.05) is 6.92 Å². The molecule has 21 heavy (non-hydrogen) atoms. The lowest BCUT2D eigenvalue weighted by molar-refractivity contribution is 0.286. The highest BCUT2D eigenvalue weighted by atomic mass is 79.9. The highest BCUT2D eigenvalue weighted by Gasteiger charge is 2.19. The Morgan fingerprint density at radius 1 is 1.48 bits per heavy atom. The zero-order chi connectivity index (χ0) is 15.8. The third-order valence-electron chi connectivity index (χ3n) is 2.79. The molecule has 2 aromatic rings. The molecule has 0 spiro atoms. The van der Waals surface area contributed by atoms with Gasteiger partial charge in [0.2, 0.25) is 0 Å². The van der Waals surface area contributed by atoms with Crippen LogP contribution in [0.1, 0.15) is 11.4 Å². The van der Waals surface area contributed by atoms with E-state index >= 15 is 0 Å². The van der Waals surface area contributed by atoms with Crippen molar-refractivity contribution in [1.82, 2.24) is 9.78 Å². The fourth-order valence-corrected chi connectivity index (χ4v) is 3.21. The number of aryl methyl sites for hydroxylation is 2. The van der Waals surface area contributed by atoms with Gasteiger partial charge in [0.1, 0.15) is 23.1 Å². The summed E-state index contributed by atoms with van der Waals surface area (Å²) in [5.41, 5.74) is 1.50. The summed E-state index contributed by atoms with van der Waals surface area (Å²) in [4.78, 5) is -0.404. The van der Waals surface area contributed by atoms with Crippen LogP contribution < -0.4 is 4.74 Å². The molecule has 0 aliphatic rings. The lowest BCUT2D eigenvalue weighted by Gasteiger charge is -2.10. The van der Waals surface area contributed by atoms with E-state index in [1.165, 1.54) is 6.07 Å². The molecule has 0 aliphatic heterocycles. The van der Waals surface area contributed by atoms with Crippen LogP contribution in [-0.2, 0) is 22.7 Å². The van der Waals surface area contributed by atoms with Gasteiger partial charge in [0.05, 0.1) is 15.9 Å². The molecule has 0 saturated heterocycles. The van der Waals surface area contributed by atoms with Gasteiger partial charge >= 0.3 is 0 Å². The first-order valence-corrected chi connectivity index (χ1v) is 8.85. The molecule has 5 nitrogen and oxygen atoms in total. The van der Waals surface area contributed by atoms with Gasteiger partial charge in [-0.3, -0.25) is 4.68 Å². The maximum atomic E-state index is 13.2. The number of nitrogens with zero attached hydrogens (tertiary/aromatic N) is 2. The van der Waals surface area contributed by atoms with E-state index in [1.54, 1.807) is 11.7 Å². The van der Waals surface area contributed by atoms with E-state index in [0.717, 1.165) is 28.0 Å². The molecule has 0 bridgehead atoms. The molecule has 2 rings (SSSR count). The highest BCUT2D eigenvalue weighted by Crippen LogP contribution is 2.29. The number of benzene rings is 1. The summed E-state index contributed by atoms with van der Waals surface area (Å²) < 4.78 is 43.9. The predicted molar refractivity (Wildman–Crippen MR) is 79.4 cm³/mol. The Morgan fingerprint density at radius 2 is 2.14 bits per heavy atom. The van der Waals surface area contributed by atoms with Gasteiger partial charge < -0.3 is 4.74 Å². The molecule has 0 aliphatic carbocycles. The molecule has 0 saturated carbocycles. The molecule has 0 amide bonds. The van der Waals surface area contributed by atoms with Crippen molar-refractivity contribution < 1.29 is 17.5 Å². The average Bonchev–Trinajstić information content (AvgIpc) is 2.61. The number of rotatable bonds is 4. The average molecular weight is 398 g/mol. The van der Waals surface area contributed by atoms with E-state index in [-0.39, 0.29) is 12.4 Å². The number of halogens is 3. The Morgan fingerprint density at radius 3 is 2.67 bits per heavy atom. The minimum absolute atomic E-state index is 0.0165. The predicted octanol–water partition coefficient (Wildman–Crippen LogP) is 3.14. The van der Waals surface area contributed by atoms with E-state index in [2.05, 4.69) is 21.0 Å². The summed E-state index contributed by atoms with van der Waals surface area (Å²) in [7, 11) is 2.92. The lowest BCUT2D eigenvalue weighted by atomic mass is 10.3. The Bertz CT molecular complexity index is 792. The first kappa shape index (κ1) is 16.3. The summed E-state index contributed by atoms with van der Waals surface area (Å²) in [5.74, 6) is -0.726. The van der Waals surface area contributed by atoms with Gasteiger partial charge in [0, 0.05) is 17.7 Å². The van der Waals surface area contributed by atoms with Crippen LogP contribution in [0.25, 0.3) is 0 Å². The van der Waals surface area contributed by atoms with E-state index in [4.69, 9.17) is 15.4 Å². The van der Waals surface area contributed by atoms with Crippen LogP contribution in [0.15, 0.2) is 27.6 Å². The molecule has 0 radical (unpaired) electrons. The number of hydrogen-bond acceptors (Lipinski definition) is 4. The van der Waals surface area contributed by atoms with Crippen molar-refractivity contribution in [3.63, 3.8) is 0 Å². The summed E-state index contributed by atoms with van der Waals surface area (Å²) in [5, 5.41) is 4.19. The number of ether oxygens (including phenoxy) is 1. The molecule has 1 aromatic heterocycles. The Hall–Kier alpha value is -1.12. The summed E-state index contributed by atoms with van der Waals surface area (Å²) in [6, 6.07) is 3.15. The SMILES string of the molecule is Cc1nn(C)c(COc2ccc(F)cc2S(=O)(=O)Cl)c1Br. The Balaban J connectivity index is 2.33. The van der Waals surface area contributed by atoms with Gasteiger partial charge in [-0.15, -0.1) is 0 Å². The van der Waals surface area contributed by atoms with Crippen LogP contribution in [-0.4, -0.2) is 18.2 Å². The van der Waals surface area contributed by atoms with Gasteiger partial charge in [0.15, 0.2) is 0 Å². The van der Waals surface area contributed by atoms with Crippen molar-refractivity contribution in [3.05, 3.63) is 39.9 Å². The fourth-order valence-electron chi connectivity index (χ4n) is 1.77. The first-order chi connectivity index (χ1) is 9.70. The van der Waals surface area contributed by atoms with E-state index < -0.39 is 19.8 Å². The van der Waals surface area contributed by atoms with Gasteiger partial charge in [-0.2, -0.15) is 5.10 Å². The third-order valence-corrected chi connectivity index (χ3v) is 5.17. The normalized spacial score (nSPS) is 11.7. The topological polar surface area (TPSA) is 61.2 Å². The smallest absolute Gasteiger partial charge is 0.265 e. The van der Waals surface area contributed by atoms with Crippen LogP contribution in [0.4, 0.5) is 4.39 Å². The van der Waals surface area contributed by atoms with Crippen LogP contribution in [0, 0.1) is 12.7 Å². The second-order valence-corrected chi connectivity index (χ2v) is 7.61. The van der Waals surface area contributed by atoms with Crippen LogP contribution >= 0.6 is 26.6 Å². The Labute approximate surface area is 134 Å². The van der Waals surface area contributed by atoms with Crippen LogP contribution in [0.3, 0.4) is 0 Å². The monoisotopic (exact) mass is 396 g/mol. The largest absolute Gasteiger partial charge is 0.486 e. The molecule has 0 unspecified atom stereocenters. The van der Waals surface area contributed by atoms with Crippen LogP contribution in [0.2, 0.25) is 0 Å². The van der Waals surface area contributed by atoms with Crippen molar-refractivity contribution >= 4 is 35.7 Å². The van der Waals surface area contributed by atoms with Gasteiger partial charge in [0.25, 0.3) is 9.05 Å². The molecule has 0 fully saturated rings. The molecule has 9 heteroatoms. The molecule has 1 aromatic carbocycles. The van der Waals surface area contributed by atoms with E-state index in [0.29, 0.717) is 0 Å². The minimum Gasteiger partial charge on any atom is -0.486 e. The summed E-state index contributed by atoms with van der Waals surface area (Å²) in [6.45, 7) is 1.88. The summed E-state index contributed by atoms with van der Waals surface area (Å²) in [6.07, 6.45) is 0. The van der Waals surface area contributed by atoms with Crippen molar-refractivity contribution in [1.29, 1.82) is 0 Å². The molecule has 114 valence electrons. The van der Waals surface area contributed by atoms with Crippen molar-refractivity contribution in [2.45, 2.75) is 18.4 Å². The second-order valence-electron chi connectivity index (χ2n) is 4.29. The van der Waals surface area contributed by atoms with Gasteiger partial charge in [-0.25, -0.2) is 12.8 Å². The highest BCUT2D eigenvalue weighted by molar-refractivity contribution is 9.10. The molecule has 0 N–H and O–H groups in total. The van der Waals surface area contributed by atoms with Crippen molar-refractivity contribution in [2.24, 2.45) is 7.05 Å². The standard InChI is InChI=1S/C12H11BrClFN2O3S/c1-7-12(13)9(17(2)16-7)6-20-10-4-3-8(15)5-11(10)21(14,18)19/h3-5H,6H2,1-2H3. The number of aromatic nitrogens is 2. The zero-order valence-electron chi connectivity index (χ0n) is 11.1. The second kappa shape index (κ2) is 5.94. The minimum atomic E-state index is -4.10. The maximum absolute atomic E-state index is 13.2. The zero-order valence-corrected chi connectivity index (χ0v) is 14.3. The lowest BCUT2D eigenvalue weighted by Crippen LogP contribution is -2.06. The Kier molecular flexibility index (Phi) is 4.60. The van der Waals surface area contributed by atoms with Crippen molar-refractivity contribution in [2.75, 3.05) is 0 Å². The first-order valence-electron chi connectivity index (χ1n) is 5.75.